The van der Waals surface area contributed by atoms with Crippen LogP contribution in [0.25, 0.3) is 0 Å². The van der Waals surface area contributed by atoms with Crippen molar-refractivity contribution < 1.29 is 22.8 Å². The maximum absolute atomic E-state index is 13.6. The van der Waals surface area contributed by atoms with Gasteiger partial charge in [0.1, 0.15) is 6.04 Å². The second-order valence-corrected chi connectivity index (χ2v) is 9.90. The second kappa shape index (κ2) is 8.96. The van der Waals surface area contributed by atoms with Crippen LogP contribution < -0.4 is 10.6 Å². The van der Waals surface area contributed by atoms with E-state index in [9.17, 15) is 22.8 Å². The molecule has 2 aromatic rings. The highest BCUT2D eigenvalue weighted by atomic mass is 19.4. The predicted octanol–water partition coefficient (Wildman–Crippen LogP) is 5.52. The quantitative estimate of drug-likeness (QED) is 0.647. The molecular weight excluding hydrogens is 417 g/mol. The summed E-state index contributed by atoms with van der Waals surface area (Å²) < 4.78 is 40.7. The predicted molar refractivity (Wildman–Crippen MR) is 120 cm³/mol. The summed E-state index contributed by atoms with van der Waals surface area (Å²) in [6, 6.07) is 8.74. The number of rotatable bonds is 4. The molecule has 2 rings (SSSR count). The van der Waals surface area contributed by atoms with Crippen LogP contribution in [0.5, 0.6) is 0 Å². The highest BCUT2D eigenvalue weighted by Crippen LogP contribution is 2.35. The maximum Gasteiger partial charge on any atom is 0.416 e. The lowest BCUT2D eigenvalue weighted by atomic mass is 9.79. The van der Waals surface area contributed by atoms with E-state index in [0.717, 1.165) is 17.2 Å². The van der Waals surface area contributed by atoms with Gasteiger partial charge in [0.15, 0.2) is 0 Å². The fraction of sp³-hybridized carbons (Fsp3) is 0.440. The zero-order valence-corrected chi connectivity index (χ0v) is 19.6. The van der Waals surface area contributed by atoms with Crippen LogP contribution in [0.2, 0.25) is 0 Å². The van der Waals surface area contributed by atoms with Gasteiger partial charge in [0.25, 0.3) is 5.91 Å². The standard InChI is InChI=1S/C25H31F3N2O2/c1-23(2,3)16-12-15(13-17(14-16)24(4,5)6)21(31)30-20(22(32)29-7)18-10-8-9-11-19(18)25(26,27)28/h8-14,20H,1-7H3,(H,29,32)(H,30,31). The van der Waals surface area contributed by atoms with Crippen LogP contribution in [-0.4, -0.2) is 18.9 Å². The number of carbonyl (C=O) groups is 2. The number of alkyl halides is 3. The van der Waals surface area contributed by atoms with Crippen molar-refractivity contribution in [2.75, 3.05) is 7.05 Å². The molecule has 0 bridgehead atoms. The summed E-state index contributed by atoms with van der Waals surface area (Å²) in [5, 5.41) is 4.87. The van der Waals surface area contributed by atoms with Gasteiger partial charge in [-0.15, -0.1) is 0 Å². The van der Waals surface area contributed by atoms with Gasteiger partial charge in [-0.1, -0.05) is 65.8 Å². The van der Waals surface area contributed by atoms with E-state index in [-0.39, 0.29) is 16.4 Å². The van der Waals surface area contributed by atoms with Gasteiger partial charge < -0.3 is 10.6 Å². The molecule has 0 heterocycles. The van der Waals surface area contributed by atoms with Gasteiger partial charge in [-0.25, -0.2) is 0 Å². The normalized spacial score (nSPS) is 13.4. The Morgan fingerprint density at radius 1 is 0.844 bits per heavy atom. The first-order valence-corrected chi connectivity index (χ1v) is 10.4. The fourth-order valence-corrected chi connectivity index (χ4v) is 3.27. The first-order chi connectivity index (χ1) is 14.6. The van der Waals surface area contributed by atoms with Gasteiger partial charge in [-0.3, -0.25) is 9.59 Å². The Morgan fingerprint density at radius 3 is 1.78 bits per heavy atom. The van der Waals surface area contributed by atoms with Crippen LogP contribution in [-0.2, 0) is 21.8 Å². The number of halogens is 3. The number of amides is 2. The average Bonchev–Trinajstić information content (AvgIpc) is 2.69. The van der Waals surface area contributed by atoms with E-state index in [2.05, 4.69) is 10.6 Å². The molecule has 0 saturated heterocycles. The molecule has 0 aliphatic heterocycles. The van der Waals surface area contributed by atoms with E-state index in [0.29, 0.717) is 5.56 Å². The zero-order chi connectivity index (χ0) is 24.5. The second-order valence-electron chi connectivity index (χ2n) is 9.90. The summed E-state index contributed by atoms with van der Waals surface area (Å²) in [4.78, 5) is 25.7. The first kappa shape index (κ1) is 25.4. The third kappa shape index (κ3) is 5.90. The molecule has 0 aromatic heterocycles. The molecule has 0 spiro atoms. The minimum absolute atomic E-state index is 0.251. The molecule has 2 aromatic carbocycles. The average molecular weight is 449 g/mol. The Labute approximate surface area is 187 Å². The van der Waals surface area contributed by atoms with Crippen LogP contribution in [0.15, 0.2) is 42.5 Å². The minimum atomic E-state index is -4.67. The van der Waals surface area contributed by atoms with Gasteiger partial charge in [0, 0.05) is 12.6 Å². The Bertz CT molecular complexity index is 967. The number of nitrogens with one attached hydrogen (secondary N) is 2. The molecule has 0 radical (unpaired) electrons. The van der Waals surface area contributed by atoms with Gasteiger partial charge in [-0.2, -0.15) is 13.2 Å². The van der Waals surface area contributed by atoms with E-state index in [4.69, 9.17) is 0 Å². The van der Waals surface area contributed by atoms with Crippen LogP contribution in [0.4, 0.5) is 13.2 Å². The smallest absolute Gasteiger partial charge is 0.357 e. The van der Waals surface area contributed by atoms with Gasteiger partial charge >= 0.3 is 6.18 Å². The Kier molecular flexibility index (Phi) is 7.12. The van der Waals surface area contributed by atoms with Crippen LogP contribution in [0.3, 0.4) is 0 Å². The van der Waals surface area contributed by atoms with Crippen molar-refractivity contribution >= 4 is 11.8 Å². The highest BCUT2D eigenvalue weighted by molar-refractivity contribution is 5.98. The molecule has 0 aliphatic rings. The Morgan fingerprint density at radius 2 is 1.34 bits per heavy atom. The number of hydrogen-bond acceptors (Lipinski definition) is 2. The molecular formula is C25H31F3N2O2. The topological polar surface area (TPSA) is 58.2 Å². The van der Waals surface area contributed by atoms with Crippen molar-refractivity contribution in [1.82, 2.24) is 10.6 Å². The molecule has 2 amide bonds. The SMILES string of the molecule is CNC(=O)C(NC(=O)c1cc(C(C)(C)C)cc(C(C)(C)C)c1)c1ccccc1C(F)(F)F. The summed E-state index contributed by atoms with van der Waals surface area (Å²) in [6.45, 7) is 12.1. The van der Waals surface area contributed by atoms with E-state index in [1.54, 1.807) is 12.1 Å². The van der Waals surface area contributed by atoms with Crippen molar-refractivity contribution in [2.45, 2.75) is 64.6 Å². The molecule has 0 saturated carbocycles. The van der Waals surface area contributed by atoms with Crippen LogP contribution >= 0.6 is 0 Å². The zero-order valence-electron chi connectivity index (χ0n) is 19.6. The summed E-state index contributed by atoms with van der Waals surface area (Å²) >= 11 is 0. The molecule has 4 nitrogen and oxygen atoms in total. The Hall–Kier alpha value is -2.83. The number of likely N-dealkylation sites (N-methyl/N-ethyl adjacent to an activating group) is 1. The third-order valence-corrected chi connectivity index (χ3v) is 5.29. The molecule has 0 aliphatic carbocycles. The van der Waals surface area contributed by atoms with Crippen LogP contribution in [0, 0.1) is 0 Å². The first-order valence-electron chi connectivity index (χ1n) is 10.4. The number of hydrogen-bond donors (Lipinski definition) is 2. The van der Waals surface area contributed by atoms with E-state index < -0.39 is 29.6 Å². The van der Waals surface area contributed by atoms with E-state index >= 15 is 0 Å². The lowest BCUT2D eigenvalue weighted by Crippen LogP contribution is -2.40. The van der Waals surface area contributed by atoms with Gasteiger partial charge in [-0.05, 0) is 45.7 Å². The molecule has 0 fully saturated rings. The molecule has 2 N–H and O–H groups in total. The lowest BCUT2D eigenvalue weighted by molar-refractivity contribution is -0.138. The van der Waals surface area contributed by atoms with Crippen molar-refractivity contribution in [3.8, 4) is 0 Å². The minimum Gasteiger partial charge on any atom is -0.357 e. The molecule has 7 heteroatoms. The van der Waals surface area contributed by atoms with Crippen molar-refractivity contribution in [1.29, 1.82) is 0 Å². The summed E-state index contributed by atoms with van der Waals surface area (Å²) in [7, 11) is 1.32. The van der Waals surface area contributed by atoms with Gasteiger partial charge in [0.2, 0.25) is 5.91 Å². The largest absolute Gasteiger partial charge is 0.416 e. The van der Waals surface area contributed by atoms with E-state index in [1.807, 2.05) is 47.6 Å². The van der Waals surface area contributed by atoms with Crippen LogP contribution in [0.1, 0.15) is 80.2 Å². The van der Waals surface area contributed by atoms with Crippen molar-refractivity contribution in [3.63, 3.8) is 0 Å². The maximum atomic E-state index is 13.6. The molecule has 32 heavy (non-hydrogen) atoms. The number of carbonyl (C=O) groups excluding carboxylic acids is 2. The Balaban J connectivity index is 2.57. The number of benzene rings is 2. The lowest BCUT2D eigenvalue weighted by Gasteiger charge is -2.27. The van der Waals surface area contributed by atoms with Crippen molar-refractivity contribution in [2.24, 2.45) is 0 Å². The molecule has 174 valence electrons. The fourth-order valence-electron chi connectivity index (χ4n) is 3.27. The summed E-state index contributed by atoms with van der Waals surface area (Å²) in [5.74, 6) is -1.36. The third-order valence-electron chi connectivity index (χ3n) is 5.29. The van der Waals surface area contributed by atoms with E-state index in [1.165, 1.54) is 25.2 Å². The van der Waals surface area contributed by atoms with Crippen molar-refractivity contribution in [3.05, 3.63) is 70.3 Å². The molecule has 1 unspecified atom stereocenters. The highest BCUT2D eigenvalue weighted by Gasteiger charge is 2.37. The van der Waals surface area contributed by atoms with Gasteiger partial charge in [0.05, 0.1) is 5.56 Å². The summed E-state index contributed by atoms with van der Waals surface area (Å²) in [5.41, 5.74) is 0.354. The molecule has 1 atom stereocenters. The summed E-state index contributed by atoms with van der Waals surface area (Å²) in [6.07, 6.45) is -4.67. The monoisotopic (exact) mass is 448 g/mol.